The van der Waals surface area contributed by atoms with Crippen LogP contribution in [-0.2, 0) is 11.3 Å². The number of H-pyrrole nitrogens is 1. The van der Waals surface area contributed by atoms with Gasteiger partial charge in [-0.2, -0.15) is 0 Å². The van der Waals surface area contributed by atoms with Crippen LogP contribution in [-0.4, -0.2) is 34.6 Å². The number of rotatable bonds is 6. The van der Waals surface area contributed by atoms with E-state index in [1.165, 1.54) is 12.1 Å². The normalized spacial score (nSPS) is 11.0. The van der Waals surface area contributed by atoms with Gasteiger partial charge in [0.05, 0.1) is 12.1 Å². The van der Waals surface area contributed by atoms with E-state index in [0.29, 0.717) is 18.8 Å². The van der Waals surface area contributed by atoms with Gasteiger partial charge in [0.2, 0.25) is 0 Å². The van der Waals surface area contributed by atoms with Gasteiger partial charge in [-0.1, -0.05) is 11.3 Å². The molecule has 1 aromatic heterocycles. The number of carboxylic acid groups (broad SMARTS) is 1. The van der Waals surface area contributed by atoms with Crippen LogP contribution < -0.4 is 4.87 Å². The van der Waals surface area contributed by atoms with E-state index >= 15 is 0 Å². The van der Waals surface area contributed by atoms with Crippen LogP contribution in [0.15, 0.2) is 29.1 Å². The van der Waals surface area contributed by atoms with Gasteiger partial charge in [-0.15, -0.1) is 0 Å². The molecule has 0 aliphatic rings. The van der Waals surface area contributed by atoms with E-state index < -0.39 is 5.97 Å². The molecule has 7 heteroatoms. The number of carboxylic acids is 1. The Balaban J connectivity index is 2.19. The summed E-state index contributed by atoms with van der Waals surface area (Å²) in [4.78, 5) is 27.3. The molecule has 0 spiro atoms. The number of hydrogen-bond donors (Lipinski definition) is 2. The number of aromatic amines is 1. The first-order chi connectivity index (χ1) is 9.95. The van der Waals surface area contributed by atoms with E-state index in [0.717, 1.165) is 21.8 Å². The van der Waals surface area contributed by atoms with Crippen LogP contribution in [0.3, 0.4) is 0 Å². The van der Waals surface area contributed by atoms with Gasteiger partial charge in [-0.05, 0) is 36.9 Å². The third-order valence-corrected chi connectivity index (χ3v) is 3.84. The molecule has 2 N–H and O–H groups in total. The molecule has 0 aliphatic heterocycles. The second-order valence-electron chi connectivity index (χ2n) is 4.70. The molecule has 0 atom stereocenters. The summed E-state index contributed by atoms with van der Waals surface area (Å²) < 4.78 is 13.0. The molecule has 0 radical (unpaired) electrons. The first-order valence-corrected chi connectivity index (χ1v) is 7.15. The van der Waals surface area contributed by atoms with Crippen LogP contribution in [0.4, 0.5) is 4.39 Å². The minimum atomic E-state index is -0.858. The third kappa shape index (κ3) is 4.24. The maximum absolute atomic E-state index is 13.0. The van der Waals surface area contributed by atoms with Crippen molar-refractivity contribution in [1.29, 1.82) is 0 Å². The maximum Gasteiger partial charge on any atom is 0.305 e. The molecule has 0 fully saturated rings. The number of aliphatic carboxylic acids is 1. The van der Waals surface area contributed by atoms with Gasteiger partial charge < -0.3 is 15.0 Å². The minimum absolute atomic E-state index is 0.0434. The molecule has 1 heterocycles. The Morgan fingerprint density at radius 1 is 1.38 bits per heavy atom. The van der Waals surface area contributed by atoms with E-state index in [4.69, 9.17) is 5.11 Å². The highest BCUT2D eigenvalue weighted by atomic mass is 32.1. The Kier molecular flexibility index (Phi) is 4.87. The number of benzene rings is 1. The first kappa shape index (κ1) is 15.4. The minimum Gasteiger partial charge on any atom is -0.481 e. The van der Waals surface area contributed by atoms with Gasteiger partial charge in [-0.25, -0.2) is 4.39 Å². The highest BCUT2D eigenvalue weighted by Gasteiger charge is 2.13. The van der Waals surface area contributed by atoms with Crippen molar-refractivity contribution in [1.82, 2.24) is 9.88 Å². The quantitative estimate of drug-likeness (QED) is 0.857. The fourth-order valence-electron chi connectivity index (χ4n) is 1.93. The molecule has 112 valence electrons. The number of thiazole rings is 1. The highest BCUT2D eigenvalue weighted by Crippen LogP contribution is 2.24. The topological polar surface area (TPSA) is 73.4 Å². The number of nitrogens with one attached hydrogen (secondary N) is 1. The third-order valence-electron chi connectivity index (χ3n) is 2.98. The SMILES string of the molecule is CN(CCC(=O)O)Cc1sc(=O)[nH]c1-c1ccc(F)cc1. The van der Waals surface area contributed by atoms with Crippen LogP contribution in [0.1, 0.15) is 11.3 Å². The maximum atomic E-state index is 13.0. The van der Waals surface area contributed by atoms with Gasteiger partial charge in [-0.3, -0.25) is 9.59 Å². The zero-order chi connectivity index (χ0) is 15.4. The second kappa shape index (κ2) is 6.64. The fourth-order valence-corrected chi connectivity index (χ4v) is 2.86. The molecular weight excluding hydrogens is 295 g/mol. The fraction of sp³-hybridized carbons (Fsp3) is 0.286. The standard InChI is InChI=1S/C14H15FN2O3S/c1-17(7-6-12(18)19)8-11-13(16-14(20)21-11)9-2-4-10(15)5-3-9/h2-5H,6-8H2,1H3,(H,16,20)(H,18,19). The summed E-state index contributed by atoms with van der Waals surface area (Å²) >= 11 is 1.08. The lowest BCUT2D eigenvalue weighted by Gasteiger charge is -2.15. The first-order valence-electron chi connectivity index (χ1n) is 6.34. The van der Waals surface area contributed by atoms with Crippen molar-refractivity contribution in [2.45, 2.75) is 13.0 Å². The van der Waals surface area contributed by atoms with Crippen LogP contribution in [0.2, 0.25) is 0 Å². The molecule has 0 aliphatic carbocycles. The summed E-state index contributed by atoms with van der Waals surface area (Å²) in [5.74, 6) is -1.20. The molecule has 0 saturated carbocycles. The molecule has 21 heavy (non-hydrogen) atoms. The van der Waals surface area contributed by atoms with E-state index in [9.17, 15) is 14.0 Å². The van der Waals surface area contributed by atoms with Crippen molar-refractivity contribution in [2.24, 2.45) is 0 Å². The Hall–Kier alpha value is -1.99. The molecule has 0 bridgehead atoms. The largest absolute Gasteiger partial charge is 0.481 e. The summed E-state index contributed by atoms with van der Waals surface area (Å²) in [6.45, 7) is 0.855. The van der Waals surface area contributed by atoms with Crippen molar-refractivity contribution in [2.75, 3.05) is 13.6 Å². The van der Waals surface area contributed by atoms with Crippen molar-refractivity contribution in [3.8, 4) is 11.3 Å². The summed E-state index contributed by atoms with van der Waals surface area (Å²) in [5, 5.41) is 8.68. The van der Waals surface area contributed by atoms with Gasteiger partial charge in [0.25, 0.3) is 0 Å². The average Bonchev–Trinajstić information content (AvgIpc) is 2.78. The van der Waals surface area contributed by atoms with Gasteiger partial charge in [0.15, 0.2) is 0 Å². The smallest absolute Gasteiger partial charge is 0.305 e. The molecule has 5 nitrogen and oxygen atoms in total. The predicted octanol–water partition coefficient (Wildman–Crippen LogP) is 2.15. The molecule has 1 aromatic carbocycles. The Morgan fingerprint density at radius 3 is 2.67 bits per heavy atom. The molecular formula is C14H15FN2O3S. The van der Waals surface area contributed by atoms with Crippen LogP contribution in [0.5, 0.6) is 0 Å². The lowest BCUT2D eigenvalue weighted by molar-refractivity contribution is -0.137. The number of nitrogens with zero attached hydrogens (tertiary/aromatic N) is 1. The zero-order valence-corrected chi connectivity index (χ0v) is 12.2. The monoisotopic (exact) mass is 310 g/mol. The van der Waals surface area contributed by atoms with Crippen molar-refractivity contribution < 1.29 is 14.3 Å². The van der Waals surface area contributed by atoms with Crippen LogP contribution in [0, 0.1) is 5.82 Å². The highest BCUT2D eigenvalue weighted by molar-refractivity contribution is 7.09. The Labute approximate surface area is 124 Å². The van der Waals surface area contributed by atoms with Crippen molar-refractivity contribution in [3.05, 3.63) is 44.6 Å². The number of aromatic nitrogens is 1. The lowest BCUT2D eigenvalue weighted by atomic mass is 10.1. The van der Waals surface area contributed by atoms with Crippen LogP contribution >= 0.6 is 11.3 Å². The van der Waals surface area contributed by atoms with Crippen molar-refractivity contribution >= 4 is 17.3 Å². The van der Waals surface area contributed by atoms with E-state index in [-0.39, 0.29) is 17.1 Å². The average molecular weight is 310 g/mol. The summed E-state index contributed by atoms with van der Waals surface area (Å²) in [7, 11) is 1.79. The van der Waals surface area contributed by atoms with E-state index in [2.05, 4.69) is 4.98 Å². The van der Waals surface area contributed by atoms with E-state index in [1.54, 1.807) is 19.2 Å². The van der Waals surface area contributed by atoms with Crippen LogP contribution in [0.25, 0.3) is 11.3 Å². The lowest BCUT2D eigenvalue weighted by Crippen LogP contribution is -2.21. The second-order valence-corrected chi connectivity index (χ2v) is 5.77. The molecule has 0 saturated heterocycles. The van der Waals surface area contributed by atoms with Gasteiger partial charge in [0, 0.05) is 18.0 Å². The predicted molar refractivity (Wildman–Crippen MR) is 78.9 cm³/mol. The Morgan fingerprint density at radius 2 is 2.05 bits per heavy atom. The summed E-state index contributed by atoms with van der Waals surface area (Å²) in [5.41, 5.74) is 1.39. The number of halogens is 1. The van der Waals surface area contributed by atoms with Gasteiger partial charge >= 0.3 is 10.8 Å². The molecule has 0 unspecified atom stereocenters. The van der Waals surface area contributed by atoms with Gasteiger partial charge in [0.1, 0.15) is 5.82 Å². The number of hydrogen-bond acceptors (Lipinski definition) is 4. The number of carbonyl (C=O) groups is 1. The molecule has 2 aromatic rings. The molecule has 2 rings (SSSR count). The molecule has 0 amide bonds. The Bertz CT molecular complexity index is 678. The zero-order valence-electron chi connectivity index (χ0n) is 11.4. The van der Waals surface area contributed by atoms with Crippen molar-refractivity contribution in [3.63, 3.8) is 0 Å². The summed E-state index contributed by atoms with van der Waals surface area (Å²) in [6, 6.07) is 5.88. The van der Waals surface area contributed by atoms with E-state index in [1.807, 2.05) is 4.90 Å². The summed E-state index contributed by atoms with van der Waals surface area (Å²) in [6.07, 6.45) is 0.0434.